The average molecular weight is 514 g/mol. The summed E-state index contributed by atoms with van der Waals surface area (Å²) in [6, 6.07) is 1.83. The van der Waals surface area contributed by atoms with Gasteiger partial charge < -0.3 is 9.84 Å². The van der Waals surface area contributed by atoms with Crippen LogP contribution in [0.4, 0.5) is 13.2 Å². The number of nitrogens with zero attached hydrogens (tertiary/aromatic N) is 2. The van der Waals surface area contributed by atoms with Crippen LogP contribution in [-0.4, -0.2) is 31.8 Å². The van der Waals surface area contributed by atoms with Gasteiger partial charge in [0.2, 0.25) is 5.60 Å². The highest BCUT2D eigenvalue weighted by atomic mass is 79.9. The second-order valence-corrected chi connectivity index (χ2v) is 7.86. The molecule has 2 rings (SSSR count). The Bertz CT molecular complexity index is 1170. The molecule has 162 valence electrons. The van der Waals surface area contributed by atoms with E-state index in [4.69, 9.17) is 21.4 Å². The molecule has 0 fully saturated rings. The molecule has 8 nitrogen and oxygen atoms in total. The number of halogens is 5. The van der Waals surface area contributed by atoms with Gasteiger partial charge in [0.25, 0.3) is 5.56 Å². The summed E-state index contributed by atoms with van der Waals surface area (Å²) in [5.41, 5.74) is -6.90. The second-order valence-electron chi connectivity index (χ2n) is 6.53. The van der Waals surface area contributed by atoms with Crippen molar-refractivity contribution in [2.75, 3.05) is 0 Å². The standard InChI is InChI=1S/C17H13BrClF3N2O6/c1-16(2,14(27)28)30-13(26)7-4-10(9(20)5-8(7)18)24-12(25)6-11(17(19,21)22)23(3)15(24)29/h4-6H,1-3H3,(H,27,28). The molecule has 0 aliphatic heterocycles. The third-order valence-corrected chi connectivity index (χ3v) is 4.82. The Kier molecular flexibility index (Phi) is 6.24. The number of rotatable bonds is 5. The quantitative estimate of drug-likeness (QED) is 0.487. The molecule has 0 unspecified atom stereocenters. The highest BCUT2D eigenvalue weighted by molar-refractivity contribution is 9.10. The lowest BCUT2D eigenvalue weighted by Crippen LogP contribution is -2.41. The Hall–Kier alpha value is -2.60. The van der Waals surface area contributed by atoms with Crippen molar-refractivity contribution in [3.63, 3.8) is 0 Å². The highest BCUT2D eigenvalue weighted by Crippen LogP contribution is 2.30. The van der Waals surface area contributed by atoms with Gasteiger partial charge in [-0.15, -0.1) is 0 Å². The van der Waals surface area contributed by atoms with E-state index in [1.165, 1.54) is 0 Å². The van der Waals surface area contributed by atoms with E-state index in [1.54, 1.807) is 0 Å². The van der Waals surface area contributed by atoms with Crippen molar-refractivity contribution in [3.05, 3.63) is 60.6 Å². The van der Waals surface area contributed by atoms with Gasteiger partial charge in [-0.2, -0.15) is 8.78 Å². The van der Waals surface area contributed by atoms with Crippen LogP contribution in [0.5, 0.6) is 0 Å². The maximum absolute atomic E-state index is 14.5. The van der Waals surface area contributed by atoms with Crippen molar-refractivity contribution in [1.29, 1.82) is 0 Å². The van der Waals surface area contributed by atoms with E-state index in [1.807, 2.05) is 0 Å². The number of carboxylic acid groups (broad SMARTS) is 1. The van der Waals surface area contributed by atoms with Gasteiger partial charge in [0.1, 0.15) is 11.5 Å². The number of esters is 1. The van der Waals surface area contributed by atoms with Crippen molar-refractivity contribution >= 4 is 39.5 Å². The van der Waals surface area contributed by atoms with Gasteiger partial charge in [-0.25, -0.2) is 23.3 Å². The van der Waals surface area contributed by atoms with Crippen LogP contribution >= 0.6 is 27.5 Å². The largest absolute Gasteiger partial charge is 0.478 e. The SMILES string of the molecule is Cn1c(C(F)(F)Cl)cc(=O)n(-c2cc(C(=O)OC(C)(C)C(=O)O)c(Br)cc2F)c1=O. The van der Waals surface area contributed by atoms with Crippen LogP contribution in [0.2, 0.25) is 0 Å². The molecule has 0 radical (unpaired) electrons. The molecule has 0 amide bonds. The number of hydrogen-bond acceptors (Lipinski definition) is 5. The number of aromatic nitrogens is 2. The fraction of sp³-hybridized carbons (Fsp3) is 0.294. The maximum Gasteiger partial charge on any atom is 0.363 e. The van der Waals surface area contributed by atoms with Crippen LogP contribution in [0, 0.1) is 5.82 Å². The predicted octanol–water partition coefficient (Wildman–Crippen LogP) is 2.75. The summed E-state index contributed by atoms with van der Waals surface area (Å²) in [7, 11) is 0.894. The molecule has 0 atom stereocenters. The fourth-order valence-corrected chi connectivity index (χ4v) is 2.97. The molecule has 1 N–H and O–H groups in total. The van der Waals surface area contributed by atoms with Gasteiger partial charge in [0.05, 0.1) is 11.3 Å². The summed E-state index contributed by atoms with van der Waals surface area (Å²) in [6.45, 7) is 2.19. The monoisotopic (exact) mass is 512 g/mol. The molecule has 0 aliphatic carbocycles. The molecule has 30 heavy (non-hydrogen) atoms. The molecule has 0 bridgehead atoms. The second kappa shape index (κ2) is 7.91. The summed E-state index contributed by atoms with van der Waals surface area (Å²) in [5, 5.41) is 5.03. The molecule has 1 heterocycles. The number of alkyl halides is 3. The molecule has 0 aliphatic rings. The Balaban J connectivity index is 2.71. The molecule has 1 aromatic heterocycles. The zero-order valence-corrected chi connectivity index (χ0v) is 17.8. The van der Waals surface area contributed by atoms with E-state index in [-0.39, 0.29) is 9.04 Å². The normalized spacial score (nSPS) is 12.0. The molecular weight excluding hydrogens is 501 g/mol. The number of ether oxygens (including phenoxy) is 1. The summed E-state index contributed by atoms with van der Waals surface area (Å²) in [5.74, 6) is -3.82. The molecular formula is C17H13BrClF3N2O6. The minimum Gasteiger partial charge on any atom is -0.478 e. The van der Waals surface area contributed by atoms with Crippen molar-refractivity contribution in [2.45, 2.75) is 24.8 Å². The zero-order chi connectivity index (χ0) is 23.2. The van der Waals surface area contributed by atoms with Gasteiger partial charge in [-0.1, -0.05) is 0 Å². The number of aliphatic carboxylic acids is 1. The first kappa shape index (κ1) is 23.7. The van der Waals surface area contributed by atoms with Crippen LogP contribution in [0.25, 0.3) is 5.69 Å². The van der Waals surface area contributed by atoms with Crippen LogP contribution in [0.15, 0.2) is 32.3 Å². The average Bonchev–Trinajstić information content (AvgIpc) is 2.58. The molecule has 0 spiro atoms. The van der Waals surface area contributed by atoms with Crippen LogP contribution in [0.3, 0.4) is 0 Å². The number of benzene rings is 1. The molecule has 13 heteroatoms. The predicted molar refractivity (Wildman–Crippen MR) is 102 cm³/mol. The third kappa shape index (κ3) is 4.43. The first-order chi connectivity index (χ1) is 13.6. The molecule has 2 aromatic rings. The van der Waals surface area contributed by atoms with E-state index in [9.17, 15) is 32.3 Å². The van der Waals surface area contributed by atoms with E-state index in [0.29, 0.717) is 10.6 Å². The number of carboxylic acids is 1. The first-order valence-electron chi connectivity index (χ1n) is 7.94. The van der Waals surface area contributed by atoms with Crippen molar-refractivity contribution < 1.29 is 32.6 Å². The van der Waals surface area contributed by atoms with Crippen LogP contribution < -0.4 is 11.2 Å². The zero-order valence-electron chi connectivity index (χ0n) is 15.5. The topological polar surface area (TPSA) is 108 Å². The smallest absolute Gasteiger partial charge is 0.363 e. The third-order valence-electron chi connectivity index (χ3n) is 3.97. The first-order valence-corrected chi connectivity index (χ1v) is 9.11. The minimum atomic E-state index is -4.04. The lowest BCUT2D eigenvalue weighted by Gasteiger charge is -2.21. The van der Waals surface area contributed by atoms with Gasteiger partial charge >= 0.3 is 23.0 Å². The summed E-state index contributed by atoms with van der Waals surface area (Å²) in [6.07, 6.45) is 0. The van der Waals surface area contributed by atoms with Crippen LogP contribution in [-0.2, 0) is 22.0 Å². The lowest BCUT2D eigenvalue weighted by atomic mass is 10.1. The highest BCUT2D eigenvalue weighted by Gasteiger charge is 2.34. The van der Waals surface area contributed by atoms with E-state index in [2.05, 4.69) is 15.9 Å². The lowest BCUT2D eigenvalue weighted by molar-refractivity contribution is -0.155. The van der Waals surface area contributed by atoms with E-state index in [0.717, 1.165) is 33.0 Å². The molecule has 1 aromatic carbocycles. The van der Waals surface area contributed by atoms with Gasteiger partial charge in [-0.05, 0) is 53.5 Å². The molecule has 0 saturated carbocycles. The van der Waals surface area contributed by atoms with Crippen molar-refractivity contribution in [2.24, 2.45) is 7.05 Å². The fourth-order valence-electron chi connectivity index (χ4n) is 2.32. The number of carbonyl (C=O) groups is 2. The Morgan fingerprint density at radius 1 is 1.20 bits per heavy atom. The number of hydrogen-bond donors (Lipinski definition) is 1. The van der Waals surface area contributed by atoms with E-state index < -0.39 is 56.9 Å². The Morgan fingerprint density at radius 3 is 2.27 bits per heavy atom. The van der Waals surface area contributed by atoms with Gasteiger partial charge in [0.15, 0.2) is 0 Å². The Morgan fingerprint density at radius 2 is 1.77 bits per heavy atom. The van der Waals surface area contributed by atoms with Crippen molar-refractivity contribution in [1.82, 2.24) is 9.13 Å². The minimum absolute atomic E-state index is 0.163. The summed E-state index contributed by atoms with van der Waals surface area (Å²) >= 11 is 7.79. The summed E-state index contributed by atoms with van der Waals surface area (Å²) < 4.78 is 46.6. The van der Waals surface area contributed by atoms with E-state index >= 15 is 0 Å². The summed E-state index contributed by atoms with van der Waals surface area (Å²) in [4.78, 5) is 48.3. The van der Waals surface area contributed by atoms with Crippen molar-refractivity contribution in [3.8, 4) is 5.69 Å². The maximum atomic E-state index is 14.5. The Labute approximate surface area is 179 Å². The number of carbonyl (C=O) groups excluding carboxylic acids is 1. The van der Waals surface area contributed by atoms with Gasteiger partial charge in [0, 0.05) is 17.6 Å². The van der Waals surface area contributed by atoms with Crippen LogP contribution in [0.1, 0.15) is 29.9 Å². The molecule has 0 saturated heterocycles. The van der Waals surface area contributed by atoms with Gasteiger partial charge in [-0.3, -0.25) is 9.36 Å².